The lowest BCUT2D eigenvalue weighted by Crippen LogP contribution is -2.43. The zero-order valence-electron chi connectivity index (χ0n) is 14.5. The third-order valence-corrected chi connectivity index (χ3v) is 4.41. The lowest BCUT2D eigenvalue weighted by molar-refractivity contribution is -0.123. The summed E-state index contributed by atoms with van der Waals surface area (Å²) >= 11 is 0. The van der Waals surface area contributed by atoms with Gasteiger partial charge in [-0.3, -0.25) is 14.5 Å². The molecule has 2 heterocycles. The minimum atomic E-state index is -0.489. The van der Waals surface area contributed by atoms with Crippen LogP contribution < -0.4 is 5.73 Å². The second-order valence-corrected chi connectivity index (χ2v) is 6.25. The molecule has 1 atom stereocenters. The van der Waals surface area contributed by atoms with E-state index in [2.05, 4.69) is 4.98 Å². The van der Waals surface area contributed by atoms with Gasteiger partial charge in [0.25, 0.3) is 0 Å². The van der Waals surface area contributed by atoms with Gasteiger partial charge in [0.2, 0.25) is 5.91 Å². The summed E-state index contributed by atoms with van der Waals surface area (Å²) in [5, 5.41) is 0. The van der Waals surface area contributed by atoms with Gasteiger partial charge in [-0.1, -0.05) is 0 Å². The number of likely N-dealkylation sites (tertiary alicyclic amines) is 1. The molecule has 1 fully saturated rings. The molecule has 0 saturated carbocycles. The first-order valence-electron chi connectivity index (χ1n) is 8.26. The van der Waals surface area contributed by atoms with E-state index in [4.69, 9.17) is 10.5 Å². The Balaban J connectivity index is 2.18. The first-order valence-corrected chi connectivity index (χ1v) is 8.26. The highest BCUT2D eigenvalue weighted by Gasteiger charge is 2.29. The number of hydrogen-bond acceptors (Lipinski definition) is 5. The van der Waals surface area contributed by atoms with Crippen molar-refractivity contribution in [1.29, 1.82) is 0 Å². The molecule has 1 saturated heterocycles. The molecule has 1 aliphatic heterocycles. The number of hydrogen-bond donors (Lipinski definition) is 2. The molecule has 1 aliphatic rings. The second-order valence-electron chi connectivity index (χ2n) is 6.25. The van der Waals surface area contributed by atoms with Crippen molar-refractivity contribution in [1.82, 2.24) is 9.88 Å². The summed E-state index contributed by atoms with van der Waals surface area (Å²) in [6.07, 6.45) is 1.59. The van der Waals surface area contributed by atoms with Crippen molar-refractivity contribution in [3.63, 3.8) is 0 Å². The van der Waals surface area contributed by atoms with Crippen LogP contribution in [0.3, 0.4) is 0 Å². The standard InChI is InChI=1S/C17H25N3O4/c1-4-24-17(23)15-11(3)19-10(2)14(15)13(21)9-20-7-5-6-12(8-20)16(18)22/h12,19H,4-9H2,1-3H3,(H2,18,22)/t12-/m0/s1. The van der Waals surface area contributed by atoms with Crippen molar-refractivity contribution >= 4 is 17.7 Å². The number of carbonyl (C=O) groups excluding carboxylic acids is 3. The number of piperidine rings is 1. The molecule has 7 nitrogen and oxygen atoms in total. The predicted octanol–water partition coefficient (Wildman–Crippen LogP) is 1.19. The minimum absolute atomic E-state index is 0.148. The van der Waals surface area contributed by atoms with Crippen LogP contribution in [-0.4, -0.2) is 53.8 Å². The zero-order valence-corrected chi connectivity index (χ0v) is 14.5. The van der Waals surface area contributed by atoms with E-state index >= 15 is 0 Å². The van der Waals surface area contributed by atoms with Gasteiger partial charge in [0.05, 0.1) is 30.2 Å². The van der Waals surface area contributed by atoms with Crippen LogP contribution in [0.2, 0.25) is 0 Å². The fourth-order valence-electron chi connectivity index (χ4n) is 3.30. The summed E-state index contributed by atoms with van der Waals surface area (Å²) in [6, 6.07) is 0. The summed E-state index contributed by atoms with van der Waals surface area (Å²) in [5.74, 6) is -1.18. The molecule has 0 spiro atoms. The number of esters is 1. The van der Waals surface area contributed by atoms with E-state index in [1.807, 2.05) is 4.90 Å². The lowest BCUT2D eigenvalue weighted by Gasteiger charge is -2.30. The first kappa shape index (κ1) is 18.2. The van der Waals surface area contributed by atoms with Crippen LogP contribution in [0.5, 0.6) is 0 Å². The summed E-state index contributed by atoms with van der Waals surface area (Å²) < 4.78 is 5.07. The number of ether oxygens (including phenoxy) is 1. The van der Waals surface area contributed by atoms with Crippen LogP contribution in [-0.2, 0) is 9.53 Å². The molecule has 1 aromatic heterocycles. The van der Waals surface area contributed by atoms with Gasteiger partial charge in [0.15, 0.2) is 5.78 Å². The van der Waals surface area contributed by atoms with Crippen LogP contribution >= 0.6 is 0 Å². The van der Waals surface area contributed by atoms with Gasteiger partial charge in [-0.25, -0.2) is 4.79 Å². The number of aromatic amines is 1. The van der Waals surface area contributed by atoms with Crippen molar-refractivity contribution < 1.29 is 19.1 Å². The van der Waals surface area contributed by atoms with E-state index in [9.17, 15) is 14.4 Å². The molecule has 1 aromatic rings. The van der Waals surface area contributed by atoms with E-state index in [1.54, 1.807) is 20.8 Å². The summed E-state index contributed by atoms with van der Waals surface area (Å²) in [6.45, 7) is 6.89. The summed E-state index contributed by atoms with van der Waals surface area (Å²) in [7, 11) is 0. The number of nitrogens with one attached hydrogen (secondary N) is 1. The number of nitrogens with zero attached hydrogens (tertiary/aromatic N) is 1. The average molecular weight is 335 g/mol. The van der Waals surface area contributed by atoms with Gasteiger partial charge in [-0.15, -0.1) is 0 Å². The van der Waals surface area contributed by atoms with Gasteiger partial charge in [-0.05, 0) is 40.2 Å². The molecule has 0 radical (unpaired) electrons. The molecule has 0 aromatic carbocycles. The van der Waals surface area contributed by atoms with E-state index in [0.717, 1.165) is 19.4 Å². The maximum absolute atomic E-state index is 12.8. The summed E-state index contributed by atoms with van der Waals surface area (Å²) in [5.41, 5.74) is 7.35. The maximum Gasteiger partial charge on any atom is 0.340 e. The monoisotopic (exact) mass is 335 g/mol. The normalized spacial score (nSPS) is 18.4. The number of ketones is 1. The highest BCUT2D eigenvalue weighted by Crippen LogP contribution is 2.22. The molecule has 0 bridgehead atoms. The van der Waals surface area contributed by atoms with Gasteiger partial charge < -0.3 is 15.5 Å². The number of amides is 1. The highest BCUT2D eigenvalue weighted by molar-refractivity contribution is 6.09. The number of aromatic nitrogens is 1. The molecule has 0 aliphatic carbocycles. The van der Waals surface area contributed by atoms with Gasteiger partial charge >= 0.3 is 5.97 Å². The van der Waals surface area contributed by atoms with Crippen molar-refractivity contribution in [3.8, 4) is 0 Å². The Kier molecular flexibility index (Phi) is 5.77. The third kappa shape index (κ3) is 3.84. The Morgan fingerprint density at radius 2 is 1.92 bits per heavy atom. The molecular weight excluding hydrogens is 310 g/mol. The van der Waals surface area contributed by atoms with Crippen LogP contribution in [0.1, 0.15) is 51.9 Å². The van der Waals surface area contributed by atoms with Gasteiger partial charge in [-0.2, -0.15) is 0 Å². The second kappa shape index (κ2) is 7.61. The number of H-pyrrole nitrogens is 1. The van der Waals surface area contributed by atoms with Crippen LogP contribution in [0.15, 0.2) is 0 Å². The van der Waals surface area contributed by atoms with E-state index in [1.165, 1.54) is 0 Å². The Hall–Kier alpha value is -2.15. The lowest BCUT2D eigenvalue weighted by atomic mass is 9.96. The Bertz CT molecular complexity index is 651. The van der Waals surface area contributed by atoms with Crippen molar-refractivity contribution in [2.24, 2.45) is 11.7 Å². The number of Topliss-reactive ketones (excluding diaryl/α,β-unsaturated/α-hetero) is 1. The smallest absolute Gasteiger partial charge is 0.340 e. The molecule has 24 heavy (non-hydrogen) atoms. The number of nitrogens with two attached hydrogens (primary N) is 1. The number of carbonyl (C=O) groups is 3. The fourth-order valence-corrected chi connectivity index (χ4v) is 3.30. The largest absolute Gasteiger partial charge is 0.462 e. The highest BCUT2D eigenvalue weighted by atomic mass is 16.5. The Morgan fingerprint density at radius 3 is 2.54 bits per heavy atom. The fraction of sp³-hybridized carbons (Fsp3) is 0.588. The number of rotatable bonds is 6. The quantitative estimate of drug-likeness (QED) is 0.600. The van der Waals surface area contributed by atoms with Crippen LogP contribution in [0.25, 0.3) is 0 Å². The molecule has 132 valence electrons. The SMILES string of the molecule is CCOC(=O)c1c(C)[nH]c(C)c1C(=O)CN1CCC[C@H](C(N)=O)C1. The Morgan fingerprint density at radius 1 is 1.25 bits per heavy atom. The third-order valence-electron chi connectivity index (χ3n) is 4.41. The topological polar surface area (TPSA) is 105 Å². The number of aryl methyl sites for hydroxylation is 2. The van der Waals surface area contributed by atoms with Crippen molar-refractivity contribution in [3.05, 3.63) is 22.5 Å². The maximum atomic E-state index is 12.8. The summed E-state index contributed by atoms with van der Waals surface area (Å²) in [4.78, 5) is 41.3. The van der Waals surface area contributed by atoms with Crippen molar-refractivity contribution in [2.75, 3.05) is 26.2 Å². The molecule has 3 N–H and O–H groups in total. The van der Waals surface area contributed by atoms with E-state index in [0.29, 0.717) is 29.1 Å². The average Bonchev–Trinajstić information content (AvgIpc) is 2.82. The van der Waals surface area contributed by atoms with Gasteiger partial charge in [0, 0.05) is 17.9 Å². The van der Waals surface area contributed by atoms with Crippen molar-refractivity contribution in [2.45, 2.75) is 33.6 Å². The molecular formula is C17H25N3O4. The van der Waals surface area contributed by atoms with Crippen LogP contribution in [0, 0.1) is 19.8 Å². The van der Waals surface area contributed by atoms with E-state index in [-0.39, 0.29) is 30.8 Å². The first-order chi connectivity index (χ1) is 11.3. The van der Waals surface area contributed by atoms with E-state index < -0.39 is 5.97 Å². The zero-order chi connectivity index (χ0) is 17.9. The van der Waals surface area contributed by atoms with Gasteiger partial charge in [0.1, 0.15) is 0 Å². The predicted molar refractivity (Wildman–Crippen MR) is 88.9 cm³/mol. The number of primary amides is 1. The molecule has 2 rings (SSSR count). The minimum Gasteiger partial charge on any atom is -0.462 e. The molecule has 7 heteroatoms. The Labute approximate surface area is 141 Å². The van der Waals surface area contributed by atoms with Crippen LogP contribution in [0.4, 0.5) is 0 Å². The molecule has 0 unspecified atom stereocenters. The molecule has 1 amide bonds.